The van der Waals surface area contributed by atoms with Gasteiger partial charge in [-0.2, -0.15) is 4.31 Å². The summed E-state index contributed by atoms with van der Waals surface area (Å²) in [4.78, 5) is 12.7. The van der Waals surface area contributed by atoms with Crippen molar-refractivity contribution in [3.8, 4) is 0 Å². The van der Waals surface area contributed by atoms with E-state index in [9.17, 15) is 13.2 Å². The molecule has 1 aromatic carbocycles. The van der Waals surface area contributed by atoms with Gasteiger partial charge in [0.05, 0.1) is 4.90 Å². The van der Waals surface area contributed by atoms with Crippen LogP contribution in [0.3, 0.4) is 0 Å². The van der Waals surface area contributed by atoms with Gasteiger partial charge >= 0.3 is 0 Å². The number of rotatable bonds is 6. The van der Waals surface area contributed by atoms with Crippen LogP contribution in [0.1, 0.15) is 39.5 Å². The molecule has 1 atom stereocenters. The average Bonchev–Trinajstić information content (AvgIpc) is 2.55. The van der Waals surface area contributed by atoms with E-state index >= 15 is 0 Å². The quantitative estimate of drug-likeness (QED) is 0.866. The molecule has 1 aromatic rings. The fraction of sp³-hybridized carbons (Fsp3) is 0.588. The highest BCUT2D eigenvalue weighted by Crippen LogP contribution is 2.25. The number of amides is 1. The standard InChI is InChI=1S/C17H26N2O3S/c1-14(2)11-12-18-17(20)16-10-6-7-13-19(16)23(21,22)15-8-4-3-5-9-15/h3-5,8-9,14,16H,6-7,10-13H2,1-2H3,(H,18,20)/t16-/m1/s1. The van der Waals surface area contributed by atoms with Gasteiger partial charge in [0.2, 0.25) is 15.9 Å². The van der Waals surface area contributed by atoms with Gasteiger partial charge in [-0.3, -0.25) is 4.79 Å². The molecular weight excluding hydrogens is 312 g/mol. The highest BCUT2D eigenvalue weighted by Gasteiger charge is 2.37. The van der Waals surface area contributed by atoms with E-state index in [0.717, 1.165) is 19.3 Å². The summed E-state index contributed by atoms with van der Waals surface area (Å²) in [6, 6.07) is 7.75. The maximum absolute atomic E-state index is 12.8. The van der Waals surface area contributed by atoms with Crippen LogP contribution >= 0.6 is 0 Å². The predicted molar refractivity (Wildman–Crippen MR) is 90.4 cm³/mol. The first kappa shape index (κ1) is 17.9. The van der Waals surface area contributed by atoms with E-state index in [0.29, 0.717) is 25.4 Å². The van der Waals surface area contributed by atoms with Gasteiger partial charge in [-0.1, -0.05) is 38.5 Å². The van der Waals surface area contributed by atoms with Crippen LogP contribution in [0.25, 0.3) is 0 Å². The third-order valence-corrected chi connectivity index (χ3v) is 6.05. The number of sulfonamides is 1. The summed E-state index contributed by atoms with van der Waals surface area (Å²) < 4.78 is 27.0. The summed E-state index contributed by atoms with van der Waals surface area (Å²) in [6.45, 7) is 5.18. The summed E-state index contributed by atoms with van der Waals surface area (Å²) in [5.41, 5.74) is 0. The topological polar surface area (TPSA) is 66.5 Å². The zero-order valence-electron chi connectivity index (χ0n) is 13.9. The minimum Gasteiger partial charge on any atom is -0.355 e. The fourth-order valence-corrected chi connectivity index (χ4v) is 4.46. The Labute approximate surface area is 139 Å². The number of carbonyl (C=O) groups excluding carboxylic acids is 1. The smallest absolute Gasteiger partial charge is 0.243 e. The molecule has 1 amide bonds. The Morgan fingerprint density at radius 3 is 2.61 bits per heavy atom. The molecule has 0 bridgehead atoms. The van der Waals surface area contributed by atoms with Crippen molar-refractivity contribution in [3.63, 3.8) is 0 Å². The monoisotopic (exact) mass is 338 g/mol. The lowest BCUT2D eigenvalue weighted by molar-refractivity contribution is -0.125. The Hall–Kier alpha value is -1.40. The van der Waals surface area contributed by atoms with Crippen LogP contribution in [0.4, 0.5) is 0 Å². The molecule has 1 aliphatic heterocycles. The van der Waals surface area contributed by atoms with Crippen LogP contribution in [0, 0.1) is 5.92 Å². The van der Waals surface area contributed by atoms with Gasteiger partial charge in [-0.05, 0) is 37.3 Å². The molecule has 0 unspecified atom stereocenters. The number of nitrogens with one attached hydrogen (secondary N) is 1. The maximum atomic E-state index is 12.8. The third kappa shape index (κ3) is 4.54. The molecule has 23 heavy (non-hydrogen) atoms. The SMILES string of the molecule is CC(C)CCNC(=O)[C@H]1CCCCN1S(=O)(=O)c1ccccc1. The van der Waals surface area contributed by atoms with Gasteiger partial charge in [0, 0.05) is 13.1 Å². The number of piperidine rings is 1. The first-order chi connectivity index (χ1) is 10.9. The number of nitrogens with zero attached hydrogens (tertiary/aromatic N) is 1. The highest BCUT2D eigenvalue weighted by atomic mass is 32.2. The van der Waals surface area contributed by atoms with Gasteiger partial charge in [0.15, 0.2) is 0 Å². The first-order valence-electron chi connectivity index (χ1n) is 8.27. The second-order valence-electron chi connectivity index (χ2n) is 6.41. The van der Waals surface area contributed by atoms with E-state index in [1.54, 1.807) is 30.3 Å². The van der Waals surface area contributed by atoms with E-state index in [2.05, 4.69) is 19.2 Å². The van der Waals surface area contributed by atoms with E-state index in [-0.39, 0.29) is 10.8 Å². The first-order valence-corrected chi connectivity index (χ1v) is 9.71. The Balaban J connectivity index is 2.13. The Bertz CT molecular complexity index is 614. The summed E-state index contributed by atoms with van der Waals surface area (Å²) >= 11 is 0. The van der Waals surface area contributed by atoms with E-state index in [1.807, 2.05) is 0 Å². The molecule has 0 spiro atoms. The van der Waals surface area contributed by atoms with Crippen molar-refractivity contribution in [1.29, 1.82) is 0 Å². The molecule has 6 heteroatoms. The normalized spacial score (nSPS) is 19.7. The molecule has 5 nitrogen and oxygen atoms in total. The zero-order chi connectivity index (χ0) is 16.9. The lowest BCUT2D eigenvalue weighted by Gasteiger charge is -2.33. The van der Waals surface area contributed by atoms with E-state index < -0.39 is 16.1 Å². The molecule has 128 valence electrons. The molecule has 1 heterocycles. The van der Waals surface area contributed by atoms with Crippen molar-refractivity contribution in [1.82, 2.24) is 9.62 Å². The van der Waals surface area contributed by atoms with E-state index in [1.165, 1.54) is 4.31 Å². The van der Waals surface area contributed by atoms with Crippen LogP contribution in [0.2, 0.25) is 0 Å². The van der Waals surface area contributed by atoms with Crippen LogP contribution in [0.5, 0.6) is 0 Å². The largest absolute Gasteiger partial charge is 0.355 e. The van der Waals surface area contributed by atoms with Crippen molar-refractivity contribution in [2.24, 2.45) is 5.92 Å². The molecule has 1 saturated heterocycles. The van der Waals surface area contributed by atoms with Gasteiger partial charge in [-0.25, -0.2) is 8.42 Å². The van der Waals surface area contributed by atoms with Crippen LogP contribution < -0.4 is 5.32 Å². The van der Waals surface area contributed by atoms with Crippen molar-refractivity contribution >= 4 is 15.9 Å². The molecule has 1 N–H and O–H groups in total. The van der Waals surface area contributed by atoms with Crippen LogP contribution in [-0.4, -0.2) is 37.8 Å². The van der Waals surface area contributed by atoms with Crippen molar-refractivity contribution < 1.29 is 13.2 Å². The lowest BCUT2D eigenvalue weighted by atomic mass is 10.0. The minimum absolute atomic E-state index is 0.176. The summed E-state index contributed by atoms with van der Waals surface area (Å²) in [5.74, 6) is 0.329. The molecule has 1 fully saturated rings. The Morgan fingerprint density at radius 2 is 1.96 bits per heavy atom. The second kappa shape index (κ2) is 7.93. The molecule has 0 aliphatic carbocycles. The highest BCUT2D eigenvalue weighted by molar-refractivity contribution is 7.89. The predicted octanol–water partition coefficient (Wildman–Crippen LogP) is 2.39. The molecule has 1 aliphatic rings. The number of benzene rings is 1. The van der Waals surface area contributed by atoms with Crippen LogP contribution in [-0.2, 0) is 14.8 Å². The van der Waals surface area contributed by atoms with Crippen molar-refractivity contribution in [2.45, 2.75) is 50.5 Å². The lowest BCUT2D eigenvalue weighted by Crippen LogP contribution is -2.51. The summed E-state index contributed by atoms with van der Waals surface area (Å²) in [7, 11) is -3.63. The van der Waals surface area contributed by atoms with Gasteiger partial charge in [-0.15, -0.1) is 0 Å². The Morgan fingerprint density at radius 1 is 1.26 bits per heavy atom. The molecule has 0 saturated carbocycles. The molecule has 2 rings (SSSR count). The summed E-state index contributed by atoms with van der Waals surface area (Å²) in [5, 5.41) is 2.89. The number of carbonyl (C=O) groups is 1. The van der Waals surface area contributed by atoms with E-state index in [4.69, 9.17) is 0 Å². The third-order valence-electron chi connectivity index (χ3n) is 4.13. The van der Waals surface area contributed by atoms with Gasteiger partial charge in [0.1, 0.15) is 6.04 Å². The molecular formula is C17H26N2O3S. The zero-order valence-corrected chi connectivity index (χ0v) is 14.7. The number of hydrogen-bond acceptors (Lipinski definition) is 3. The van der Waals surface area contributed by atoms with Gasteiger partial charge < -0.3 is 5.32 Å². The van der Waals surface area contributed by atoms with Crippen molar-refractivity contribution in [3.05, 3.63) is 30.3 Å². The molecule has 0 aromatic heterocycles. The second-order valence-corrected chi connectivity index (χ2v) is 8.30. The van der Waals surface area contributed by atoms with Gasteiger partial charge in [0.25, 0.3) is 0 Å². The summed E-state index contributed by atoms with van der Waals surface area (Å²) in [6.07, 6.45) is 3.15. The maximum Gasteiger partial charge on any atom is 0.243 e. The van der Waals surface area contributed by atoms with Crippen molar-refractivity contribution in [2.75, 3.05) is 13.1 Å². The van der Waals surface area contributed by atoms with Crippen LogP contribution in [0.15, 0.2) is 35.2 Å². The minimum atomic E-state index is -3.63. The number of hydrogen-bond donors (Lipinski definition) is 1. The molecule has 0 radical (unpaired) electrons. The Kier molecular flexibility index (Phi) is 6.18. The fourth-order valence-electron chi connectivity index (χ4n) is 2.78. The average molecular weight is 338 g/mol.